The van der Waals surface area contributed by atoms with Gasteiger partial charge in [0, 0.05) is 16.3 Å². The molecule has 32 heavy (non-hydrogen) atoms. The summed E-state index contributed by atoms with van der Waals surface area (Å²) >= 11 is 8.30. The summed E-state index contributed by atoms with van der Waals surface area (Å²) in [6, 6.07) is 13.6. The summed E-state index contributed by atoms with van der Waals surface area (Å²) in [5, 5.41) is 17.6. The zero-order valence-electron chi connectivity index (χ0n) is 17.4. The molecule has 3 aromatic rings. The predicted octanol–water partition coefficient (Wildman–Crippen LogP) is 5.17. The van der Waals surface area contributed by atoms with E-state index in [0.29, 0.717) is 41.2 Å². The lowest BCUT2D eigenvalue weighted by atomic mass is 9.84. The van der Waals surface area contributed by atoms with Gasteiger partial charge in [-0.05, 0) is 71.8 Å². The van der Waals surface area contributed by atoms with E-state index in [0.717, 1.165) is 26.0 Å². The molecule has 1 atom stereocenters. The molecule has 0 bridgehead atoms. The van der Waals surface area contributed by atoms with Crippen molar-refractivity contribution in [2.45, 2.75) is 26.4 Å². The SMILES string of the molecule is CCOc1cc(C2C(C#N)=C(N)Oc3n[nH]c(C)c32)cc(I)c1OCc1cccc(Cl)c1. The van der Waals surface area contributed by atoms with Crippen molar-refractivity contribution in [3.8, 4) is 23.4 Å². The molecule has 9 heteroatoms. The van der Waals surface area contributed by atoms with Crippen LogP contribution in [0, 0.1) is 21.8 Å². The maximum atomic E-state index is 9.81. The highest BCUT2D eigenvalue weighted by Gasteiger charge is 2.35. The number of hydrogen-bond donors (Lipinski definition) is 2. The van der Waals surface area contributed by atoms with E-state index in [1.165, 1.54) is 0 Å². The van der Waals surface area contributed by atoms with Crippen molar-refractivity contribution in [1.82, 2.24) is 10.2 Å². The molecule has 0 amide bonds. The number of hydrogen-bond acceptors (Lipinski definition) is 6. The first-order chi connectivity index (χ1) is 15.4. The topological polar surface area (TPSA) is 106 Å². The average Bonchev–Trinajstić information content (AvgIpc) is 3.12. The first-order valence-corrected chi connectivity index (χ1v) is 11.3. The summed E-state index contributed by atoms with van der Waals surface area (Å²) in [7, 11) is 0. The second kappa shape index (κ2) is 9.30. The van der Waals surface area contributed by atoms with Crippen LogP contribution in [0.4, 0.5) is 0 Å². The lowest BCUT2D eigenvalue weighted by Gasteiger charge is -2.25. The summed E-state index contributed by atoms with van der Waals surface area (Å²) in [6.45, 7) is 4.59. The third-order valence-electron chi connectivity index (χ3n) is 5.07. The number of H-pyrrole nitrogens is 1. The van der Waals surface area contributed by atoms with E-state index >= 15 is 0 Å². The van der Waals surface area contributed by atoms with Crippen molar-refractivity contribution < 1.29 is 14.2 Å². The summed E-state index contributed by atoms with van der Waals surface area (Å²) < 4.78 is 18.4. The Hall–Kier alpha value is -2.90. The Morgan fingerprint density at radius 3 is 2.84 bits per heavy atom. The van der Waals surface area contributed by atoms with Gasteiger partial charge in [0.05, 0.1) is 16.1 Å². The van der Waals surface area contributed by atoms with E-state index in [4.69, 9.17) is 31.5 Å². The largest absolute Gasteiger partial charge is 0.490 e. The lowest BCUT2D eigenvalue weighted by molar-refractivity contribution is 0.267. The van der Waals surface area contributed by atoms with Gasteiger partial charge in [-0.1, -0.05) is 23.7 Å². The molecular formula is C23H20ClIN4O3. The first kappa shape index (κ1) is 22.3. The van der Waals surface area contributed by atoms with Gasteiger partial charge in [-0.15, -0.1) is 5.10 Å². The van der Waals surface area contributed by atoms with Crippen molar-refractivity contribution in [3.05, 3.63) is 78.8 Å². The Morgan fingerprint density at radius 1 is 1.31 bits per heavy atom. The van der Waals surface area contributed by atoms with Crippen molar-refractivity contribution in [3.63, 3.8) is 0 Å². The summed E-state index contributed by atoms with van der Waals surface area (Å²) in [5.41, 5.74) is 9.74. The smallest absolute Gasteiger partial charge is 0.244 e. The van der Waals surface area contributed by atoms with Crippen LogP contribution in [0.1, 0.15) is 35.2 Å². The number of nitrogens with one attached hydrogen (secondary N) is 1. The molecule has 1 aliphatic heterocycles. The Balaban J connectivity index is 1.76. The number of allylic oxidation sites excluding steroid dienone is 1. The second-order valence-corrected chi connectivity index (χ2v) is 8.77. The third-order valence-corrected chi connectivity index (χ3v) is 6.10. The van der Waals surface area contributed by atoms with Crippen LogP contribution in [0.15, 0.2) is 47.9 Å². The predicted molar refractivity (Wildman–Crippen MR) is 129 cm³/mol. The summed E-state index contributed by atoms with van der Waals surface area (Å²) in [4.78, 5) is 0. The standard InChI is InChI=1S/C23H20ClIN4O3/c1-3-30-18-9-14(8-17(25)21(18)31-11-13-5-4-6-15(24)7-13)20-16(10-26)22(27)32-23-19(20)12(2)28-29-23/h4-9,20H,3,11,27H2,1-2H3,(H,28,29). The molecule has 0 saturated carbocycles. The maximum absolute atomic E-state index is 9.81. The third kappa shape index (κ3) is 4.23. The Bertz CT molecular complexity index is 1250. The Kier molecular flexibility index (Phi) is 6.48. The second-order valence-electron chi connectivity index (χ2n) is 7.17. The molecule has 0 fully saturated rings. The molecule has 7 nitrogen and oxygen atoms in total. The summed E-state index contributed by atoms with van der Waals surface area (Å²) in [6.07, 6.45) is 0. The molecule has 4 rings (SSSR count). The highest BCUT2D eigenvalue weighted by molar-refractivity contribution is 14.1. The number of aryl methyl sites for hydroxylation is 1. The highest BCUT2D eigenvalue weighted by Crippen LogP contribution is 2.46. The number of fused-ring (bicyclic) bond motifs is 1. The monoisotopic (exact) mass is 562 g/mol. The minimum absolute atomic E-state index is 0.0470. The Morgan fingerprint density at radius 2 is 2.12 bits per heavy atom. The van der Waals surface area contributed by atoms with E-state index in [9.17, 15) is 5.26 Å². The minimum Gasteiger partial charge on any atom is -0.490 e. The fourth-order valence-corrected chi connectivity index (χ4v) is 4.67. The van der Waals surface area contributed by atoms with Gasteiger partial charge in [-0.2, -0.15) is 5.26 Å². The van der Waals surface area contributed by atoms with E-state index in [1.807, 2.05) is 50.2 Å². The van der Waals surface area contributed by atoms with Crippen LogP contribution in [-0.4, -0.2) is 16.8 Å². The number of ether oxygens (including phenoxy) is 3. The van der Waals surface area contributed by atoms with E-state index < -0.39 is 5.92 Å². The first-order valence-electron chi connectivity index (χ1n) is 9.88. The van der Waals surface area contributed by atoms with Crippen LogP contribution in [-0.2, 0) is 6.61 Å². The quantitative estimate of drug-likeness (QED) is 0.402. The van der Waals surface area contributed by atoms with Gasteiger partial charge >= 0.3 is 0 Å². The molecule has 0 radical (unpaired) electrons. The lowest BCUT2D eigenvalue weighted by Crippen LogP contribution is -2.21. The van der Waals surface area contributed by atoms with Gasteiger partial charge < -0.3 is 19.9 Å². The van der Waals surface area contributed by atoms with Crippen LogP contribution >= 0.6 is 34.2 Å². The van der Waals surface area contributed by atoms with E-state index in [2.05, 4.69) is 38.9 Å². The molecule has 1 aliphatic rings. The molecule has 2 aromatic carbocycles. The van der Waals surface area contributed by atoms with Crippen LogP contribution in [0.3, 0.4) is 0 Å². The fourth-order valence-electron chi connectivity index (χ4n) is 3.67. The van der Waals surface area contributed by atoms with Crippen LogP contribution < -0.4 is 19.9 Å². The van der Waals surface area contributed by atoms with Gasteiger partial charge in [0.25, 0.3) is 0 Å². The van der Waals surface area contributed by atoms with Gasteiger partial charge in [-0.25, -0.2) is 0 Å². The Labute approximate surface area is 204 Å². The van der Waals surface area contributed by atoms with Crippen molar-refractivity contribution in [2.75, 3.05) is 6.61 Å². The molecule has 3 N–H and O–H groups in total. The summed E-state index contributed by atoms with van der Waals surface area (Å²) in [5.74, 6) is 1.20. The number of nitrogens with two attached hydrogens (primary N) is 1. The molecule has 1 aromatic heterocycles. The zero-order valence-corrected chi connectivity index (χ0v) is 20.3. The zero-order chi connectivity index (χ0) is 22.8. The van der Waals surface area contributed by atoms with Crippen molar-refractivity contribution in [1.29, 1.82) is 5.26 Å². The van der Waals surface area contributed by atoms with Gasteiger partial charge in [0.15, 0.2) is 11.5 Å². The number of aromatic amines is 1. The minimum atomic E-state index is -0.433. The van der Waals surface area contributed by atoms with E-state index in [1.54, 1.807) is 0 Å². The highest BCUT2D eigenvalue weighted by atomic mass is 127. The van der Waals surface area contributed by atoms with Gasteiger partial charge in [0.1, 0.15) is 18.2 Å². The molecule has 164 valence electrons. The molecule has 1 unspecified atom stereocenters. The molecular weight excluding hydrogens is 543 g/mol. The van der Waals surface area contributed by atoms with Gasteiger partial charge in [-0.3, -0.25) is 5.10 Å². The number of nitriles is 1. The number of rotatable bonds is 6. The van der Waals surface area contributed by atoms with Crippen LogP contribution in [0.2, 0.25) is 5.02 Å². The number of benzene rings is 2. The molecule has 2 heterocycles. The van der Waals surface area contributed by atoms with Gasteiger partial charge in [0.2, 0.25) is 11.8 Å². The molecule has 0 aliphatic carbocycles. The number of halogens is 2. The molecule has 0 saturated heterocycles. The number of aromatic nitrogens is 2. The molecule has 0 spiro atoms. The van der Waals surface area contributed by atoms with Crippen molar-refractivity contribution in [2.24, 2.45) is 5.73 Å². The maximum Gasteiger partial charge on any atom is 0.244 e. The number of nitrogens with zero attached hydrogens (tertiary/aromatic N) is 2. The normalized spacial score (nSPS) is 15.0. The van der Waals surface area contributed by atoms with Crippen LogP contribution in [0.5, 0.6) is 17.4 Å². The van der Waals surface area contributed by atoms with Crippen molar-refractivity contribution >= 4 is 34.2 Å². The van der Waals surface area contributed by atoms with E-state index in [-0.39, 0.29) is 5.88 Å². The average molecular weight is 563 g/mol. The fraction of sp³-hybridized carbons (Fsp3) is 0.217. The van der Waals surface area contributed by atoms with Crippen LogP contribution in [0.25, 0.3) is 0 Å².